The molecule has 0 spiro atoms. The van der Waals surface area contributed by atoms with Gasteiger partial charge in [-0.2, -0.15) is 0 Å². The third kappa shape index (κ3) is 5.01. The fraction of sp³-hybridized carbons (Fsp3) is 0.615. The number of carbonyl (C=O) groups is 1. The zero-order chi connectivity index (χ0) is 11.8. The van der Waals surface area contributed by atoms with Crippen molar-refractivity contribution in [1.29, 1.82) is 0 Å². The average Bonchev–Trinajstić information content (AvgIpc) is 2.23. The van der Waals surface area contributed by atoms with E-state index < -0.39 is 0 Å². The molecule has 1 aliphatic rings. The van der Waals surface area contributed by atoms with Crippen LogP contribution >= 0.6 is 0 Å². The van der Waals surface area contributed by atoms with Crippen molar-refractivity contribution in [1.82, 2.24) is 10.6 Å². The summed E-state index contributed by atoms with van der Waals surface area (Å²) >= 11 is 0. The second-order valence-corrected chi connectivity index (χ2v) is 4.28. The number of carbonyl (C=O) groups excluding carboxylic acids is 1. The van der Waals surface area contributed by atoms with Crippen LogP contribution in [0.5, 0.6) is 0 Å². The van der Waals surface area contributed by atoms with Crippen molar-refractivity contribution in [2.24, 2.45) is 0 Å². The summed E-state index contributed by atoms with van der Waals surface area (Å²) in [6.45, 7) is 6.77. The molecule has 1 rings (SSSR count). The highest BCUT2D eigenvalue weighted by atomic mass is 16.1. The van der Waals surface area contributed by atoms with Gasteiger partial charge in [-0.05, 0) is 37.7 Å². The van der Waals surface area contributed by atoms with Gasteiger partial charge in [0.05, 0.1) is 0 Å². The molecule has 0 aromatic rings. The van der Waals surface area contributed by atoms with Crippen molar-refractivity contribution >= 4 is 5.91 Å². The van der Waals surface area contributed by atoms with Gasteiger partial charge in [0.15, 0.2) is 0 Å². The van der Waals surface area contributed by atoms with E-state index in [1.165, 1.54) is 18.4 Å². The number of nitrogens with one attached hydrogen (secondary N) is 2. The van der Waals surface area contributed by atoms with Crippen molar-refractivity contribution in [2.75, 3.05) is 6.54 Å². The molecule has 0 unspecified atom stereocenters. The van der Waals surface area contributed by atoms with Gasteiger partial charge in [0.25, 0.3) is 0 Å². The predicted molar refractivity (Wildman–Crippen MR) is 66.7 cm³/mol. The third-order valence-corrected chi connectivity index (χ3v) is 2.71. The van der Waals surface area contributed by atoms with E-state index in [1.54, 1.807) is 0 Å². The molecule has 3 nitrogen and oxygen atoms in total. The van der Waals surface area contributed by atoms with Crippen LogP contribution in [0.15, 0.2) is 24.0 Å². The first-order valence-corrected chi connectivity index (χ1v) is 6.11. The molecule has 0 saturated carbocycles. The summed E-state index contributed by atoms with van der Waals surface area (Å²) in [5.74, 6) is 0.107. The fourth-order valence-electron chi connectivity index (χ4n) is 1.71. The van der Waals surface area contributed by atoms with E-state index >= 15 is 0 Å². The van der Waals surface area contributed by atoms with E-state index in [0.717, 1.165) is 31.5 Å². The molecule has 1 fully saturated rings. The van der Waals surface area contributed by atoms with Gasteiger partial charge in [-0.25, -0.2) is 0 Å². The Morgan fingerprint density at radius 3 is 3.00 bits per heavy atom. The molecule has 3 heteroatoms. The van der Waals surface area contributed by atoms with Crippen LogP contribution in [0.2, 0.25) is 0 Å². The standard InChI is InChI=1S/C13H22N2O/c1-3-6-13(16)15-10-12-8-5-4-7-11(2)14-9-12/h10,14H,2-9H2,1H3,(H,15,16)/b12-10+. The zero-order valence-electron chi connectivity index (χ0n) is 10.1. The average molecular weight is 222 g/mol. The number of hydrogen-bond acceptors (Lipinski definition) is 2. The number of rotatable bonds is 3. The molecule has 2 N–H and O–H groups in total. The molecular weight excluding hydrogens is 200 g/mol. The molecule has 0 aromatic carbocycles. The third-order valence-electron chi connectivity index (χ3n) is 2.71. The lowest BCUT2D eigenvalue weighted by Crippen LogP contribution is -2.22. The van der Waals surface area contributed by atoms with Gasteiger partial charge in [-0.3, -0.25) is 4.79 Å². The Kier molecular flexibility index (Phi) is 5.68. The van der Waals surface area contributed by atoms with E-state index in [2.05, 4.69) is 17.2 Å². The minimum atomic E-state index is 0.107. The predicted octanol–water partition coefficient (Wildman–Crippen LogP) is 2.46. The largest absolute Gasteiger partial charge is 0.385 e. The lowest BCUT2D eigenvalue weighted by Gasteiger charge is -2.16. The normalized spacial score (nSPS) is 19.8. The smallest absolute Gasteiger partial charge is 0.223 e. The number of amides is 1. The zero-order valence-corrected chi connectivity index (χ0v) is 10.1. The minimum Gasteiger partial charge on any atom is -0.385 e. The van der Waals surface area contributed by atoms with E-state index in [0.29, 0.717) is 6.42 Å². The molecule has 0 atom stereocenters. The van der Waals surface area contributed by atoms with Crippen LogP contribution in [0, 0.1) is 0 Å². The first-order chi connectivity index (χ1) is 7.72. The lowest BCUT2D eigenvalue weighted by molar-refractivity contribution is -0.120. The molecule has 16 heavy (non-hydrogen) atoms. The van der Waals surface area contributed by atoms with Gasteiger partial charge in [0, 0.05) is 24.9 Å². The van der Waals surface area contributed by atoms with Crippen molar-refractivity contribution in [3.8, 4) is 0 Å². The van der Waals surface area contributed by atoms with Gasteiger partial charge in [0.2, 0.25) is 5.91 Å². The maximum absolute atomic E-state index is 11.3. The lowest BCUT2D eigenvalue weighted by atomic mass is 10.0. The van der Waals surface area contributed by atoms with E-state index in [4.69, 9.17) is 0 Å². The summed E-state index contributed by atoms with van der Waals surface area (Å²) in [5.41, 5.74) is 2.36. The summed E-state index contributed by atoms with van der Waals surface area (Å²) in [6, 6.07) is 0. The van der Waals surface area contributed by atoms with Crippen LogP contribution in [0.25, 0.3) is 0 Å². The number of allylic oxidation sites excluding steroid dienone is 1. The topological polar surface area (TPSA) is 41.1 Å². The Morgan fingerprint density at radius 2 is 2.25 bits per heavy atom. The second kappa shape index (κ2) is 7.09. The molecule has 0 aliphatic carbocycles. The summed E-state index contributed by atoms with van der Waals surface area (Å²) < 4.78 is 0. The highest BCUT2D eigenvalue weighted by molar-refractivity contribution is 5.76. The quantitative estimate of drug-likeness (QED) is 0.770. The Morgan fingerprint density at radius 1 is 1.50 bits per heavy atom. The van der Waals surface area contributed by atoms with Crippen LogP contribution in [-0.4, -0.2) is 12.5 Å². The summed E-state index contributed by atoms with van der Waals surface area (Å²) in [4.78, 5) is 11.3. The monoisotopic (exact) mass is 222 g/mol. The van der Waals surface area contributed by atoms with Crippen molar-refractivity contribution < 1.29 is 4.79 Å². The summed E-state index contributed by atoms with van der Waals surface area (Å²) in [7, 11) is 0. The molecule has 1 amide bonds. The Hall–Kier alpha value is -1.25. The maximum atomic E-state index is 11.3. The molecule has 0 bridgehead atoms. The van der Waals surface area contributed by atoms with E-state index in [9.17, 15) is 4.79 Å². The Bertz CT molecular complexity index is 282. The van der Waals surface area contributed by atoms with Crippen LogP contribution in [0.4, 0.5) is 0 Å². The Labute approximate surface area is 98.0 Å². The van der Waals surface area contributed by atoms with Gasteiger partial charge >= 0.3 is 0 Å². The minimum absolute atomic E-state index is 0.107. The van der Waals surface area contributed by atoms with E-state index in [1.807, 2.05) is 13.1 Å². The second-order valence-electron chi connectivity index (χ2n) is 4.28. The van der Waals surface area contributed by atoms with Gasteiger partial charge in [-0.15, -0.1) is 0 Å². The SMILES string of the molecule is C=C1CCCC/C(=C\NC(=O)CCC)CN1. The van der Waals surface area contributed by atoms with Crippen molar-refractivity contribution in [3.63, 3.8) is 0 Å². The Balaban J connectivity index is 2.40. The highest BCUT2D eigenvalue weighted by Gasteiger charge is 2.05. The molecule has 1 aliphatic heterocycles. The van der Waals surface area contributed by atoms with Gasteiger partial charge < -0.3 is 10.6 Å². The summed E-state index contributed by atoms with van der Waals surface area (Å²) in [6.07, 6.45) is 7.84. The van der Waals surface area contributed by atoms with Crippen LogP contribution in [-0.2, 0) is 4.79 Å². The molecule has 1 heterocycles. The molecule has 90 valence electrons. The first kappa shape index (κ1) is 12.8. The maximum Gasteiger partial charge on any atom is 0.223 e. The van der Waals surface area contributed by atoms with Gasteiger partial charge in [-0.1, -0.05) is 13.5 Å². The molecule has 0 aromatic heterocycles. The fourth-order valence-corrected chi connectivity index (χ4v) is 1.71. The van der Waals surface area contributed by atoms with Crippen molar-refractivity contribution in [3.05, 3.63) is 24.0 Å². The molecular formula is C13H22N2O. The first-order valence-electron chi connectivity index (χ1n) is 6.11. The molecule has 1 saturated heterocycles. The number of hydrogen-bond donors (Lipinski definition) is 2. The summed E-state index contributed by atoms with van der Waals surface area (Å²) in [5, 5.41) is 6.12. The van der Waals surface area contributed by atoms with Crippen LogP contribution in [0.1, 0.15) is 45.4 Å². The van der Waals surface area contributed by atoms with Gasteiger partial charge in [0.1, 0.15) is 0 Å². The van der Waals surface area contributed by atoms with E-state index in [-0.39, 0.29) is 5.91 Å². The van der Waals surface area contributed by atoms with Crippen LogP contribution in [0.3, 0.4) is 0 Å². The molecule has 0 radical (unpaired) electrons. The van der Waals surface area contributed by atoms with Crippen LogP contribution < -0.4 is 10.6 Å². The van der Waals surface area contributed by atoms with Crippen molar-refractivity contribution in [2.45, 2.75) is 45.4 Å². The highest BCUT2D eigenvalue weighted by Crippen LogP contribution is 2.14.